The average Bonchev–Trinajstić information content (AvgIpc) is 2.90. The number of carbonyl (C=O) groups excluding carboxylic acids is 4. The van der Waals surface area contributed by atoms with E-state index in [1.807, 2.05) is 6.07 Å². The molecule has 0 spiro atoms. The van der Waals surface area contributed by atoms with Gasteiger partial charge in [0.2, 0.25) is 11.8 Å². The second-order valence-corrected chi connectivity index (χ2v) is 11.9. The largest absolute Gasteiger partial charge is 0.508 e. The van der Waals surface area contributed by atoms with Crippen LogP contribution < -0.4 is 10.6 Å². The Morgan fingerprint density at radius 2 is 1.47 bits per heavy atom. The van der Waals surface area contributed by atoms with E-state index in [-0.39, 0.29) is 24.3 Å². The summed E-state index contributed by atoms with van der Waals surface area (Å²) in [6.07, 6.45) is 0.495. The predicted octanol–water partition coefficient (Wildman–Crippen LogP) is 3.40. The number of esters is 1. The number of ether oxygens (including phenoxy) is 2. The highest BCUT2D eigenvalue weighted by Crippen LogP contribution is 2.30. The number of nitrogens with one attached hydrogen (secondary N) is 2. The van der Waals surface area contributed by atoms with Crippen LogP contribution in [0.15, 0.2) is 67.3 Å². The van der Waals surface area contributed by atoms with Gasteiger partial charge < -0.3 is 35.2 Å². The van der Waals surface area contributed by atoms with Gasteiger partial charge in [0, 0.05) is 18.5 Å². The molecule has 3 unspecified atom stereocenters. The van der Waals surface area contributed by atoms with E-state index in [1.165, 1.54) is 18.2 Å². The molecule has 0 saturated heterocycles. The first-order chi connectivity index (χ1) is 20.1. The molecule has 234 valence electrons. The predicted molar refractivity (Wildman–Crippen MR) is 161 cm³/mol. The van der Waals surface area contributed by atoms with Crippen molar-refractivity contribution in [3.63, 3.8) is 0 Å². The van der Waals surface area contributed by atoms with Crippen molar-refractivity contribution in [2.24, 2.45) is 0 Å². The van der Waals surface area contributed by atoms with E-state index in [2.05, 4.69) is 17.2 Å². The Morgan fingerprint density at radius 1 is 0.884 bits per heavy atom. The molecule has 0 radical (unpaired) electrons. The van der Waals surface area contributed by atoms with Crippen LogP contribution in [-0.2, 0) is 30.3 Å². The minimum absolute atomic E-state index is 0.0480. The van der Waals surface area contributed by atoms with E-state index in [9.17, 15) is 29.4 Å². The number of alkyl carbamates (subject to hydrolysis) is 1. The second-order valence-electron chi connectivity index (χ2n) is 11.9. The van der Waals surface area contributed by atoms with Gasteiger partial charge in [0.05, 0.1) is 6.61 Å². The standard InChI is InChI=1S/C32H43N3O8/c1-8-18-35(28(39)24(20-36)34-30(41)43-32(5,6)7)26(22-16-12-13-17-25(22)37)27(38)33-23(29(40)42-31(2,3)4)19-21-14-10-9-11-15-21/h8-17,23-24,26,36-37H,1,18-20H2,2-7H3,(H,33,38)(H,34,41). The first-order valence-corrected chi connectivity index (χ1v) is 13.9. The van der Waals surface area contributed by atoms with Gasteiger partial charge in [-0.3, -0.25) is 9.59 Å². The fourth-order valence-electron chi connectivity index (χ4n) is 4.13. The maximum absolute atomic E-state index is 14.1. The summed E-state index contributed by atoms with van der Waals surface area (Å²) in [4.78, 5) is 54.6. The molecule has 0 aliphatic carbocycles. The van der Waals surface area contributed by atoms with Crippen LogP contribution >= 0.6 is 0 Å². The van der Waals surface area contributed by atoms with Crippen molar-refractivity contribution in [2.75, 3.05) is 13.2 Å². The second kappa shape index (κ2) is 15.2. The molecule has 2 rings (SSSR count). The number of para-hydroxylation sites is 1. The zero-order chi connectivity index (χ0) is 32.4. The van der Waals surface area contributed by atoms with Crippen molar-refractivity contribution >= 4 is 23.9 Å². The summed E-state index contributed by atoms with van der Waals surface area (Å²) < 4.78 is 10.8. The van der Waals surface area contributed by atoms with E-state index in [1.54, 1.807) is 77.9 Å². The Hall–Kier alpha value is -4.38. The number of nitrogens with zero attached hydrogens (tertiary/aromatic N) is 1. The molecule has 3 amide bonds. The van der Waals surface area contributed by atoms with Crippen LogP contribution in [-0.4, -0.2) is 75.4 Å². The van der Waals surface area contributed by atoms with E-state index in [0.717, 1.165) is 10.5 Å². The number of rotatable bonds is 12. The maximum atomic E-state index is 14.1. The van der Waals surface area contributed by atoms with Crippen LogP contribution in [0.4, 0.5) is 4.79 Å². The number of phenolic OH excluding ortho intramolecular Hbond substituents is 1. The summed E-state index contributed by atoms with van der Waals surface area (Å²) in [5.74, 6) is -2.64. The molecule has 11 nitrogen and oxygen atoms in total. The number of aromatic hydroxyl groups is 1. The van der Waals surface area contributed by atoms with Crippen molar-refractivity contribution in [2.45, 2.75) is 77.3 Å². The number of aliphatic hydroxyl groups is 1. The van der Waals surface area contributed by atoms with E-state index < -0.39 is 59.8 Å². The Labute approximate surface area is 252 Å². The number of aliphatic hydroxyl groups excluding tert-OH is 1. The fourth-order valence-corrected chi connectivity index (χ4v) is 4.13. The zero-order valence-corrected chi connectivity index (χ0v) is 25.6. The monoisotopic (exact) mass is 597 g/mol. The Bertz CT molecular complexity index is 1270. The van der Waals surface area contributed by atoms with Crippen molar-refractivity contribution in [1.29, 1.82) is 0 Å². The van der Waals surface area contributed by atoms with Gasteiger partial charge in [-0.05, 0) is 53.2 Å². The number of hydrogen-bond donors (Lipinski definition) is 4. The highest BCUT2D eigenvalue weighted by atomic mass is 16.6. The van der Waals surface area contributed by atoms with E-state index in [0.29, 0.717) is 0 Å². The Kier molecular flexibility index (Phi) is 12.3. The van der Waals surface area contributed by atoms with Gasteiger partial charge in [0.25, 0.3) is 0 Å². The quantitative estimate of drug-likeness (QED) is 0.214. The number of phenols is 1. The lowest BCUT2D eigenvalue weighted by atomic mass is 10.00. The maximum Gasteiger partial charge on any atom is 0.408 e. The molecule has 0 saturated carbocycles. The fraction of sp³-hybridized carbons (Fsp3) is 0.438. The molecule has 0 bridgehead atoms. The molecule has 2 aromatic carbocycles. The van der Waals surface area contributed by atoms with Crippen LogP contribution in [0.2, 0.25) is 0 Å². The van der Waals surface area contributed by atoms with Crippen molar-refractivity contribution in [1.82, 2.24) is 15.5 Å². The third-order valence-corrected chi connectivity index (χ3v) is 5.86. The molecule has 0 fully saturated rings. The molecule has 0 aliphatic heterocycles. The summed E-state index contributed by atoms with van der Waals surface area (Å²) in [6.45, 7) is 12.7. The van der Waals surface area contributed by atoms with Crippen LogP contribution in [0, 0.1) is 0 Å². The zero-order valence-electron chi connectivity index (χ0n) is 25.6. The molecular weight excluding hydrogens is 554 g/mol. The van der Waals surface area contributed by atoms with Gasteiger partial charge >= 0.3 is 12.1 Å². The highest BCUT2D eigenvalue weighted by Gasteiger charge is 2.38. The first-order valence-electron chi connectivity index (χ1n) is 13.9. The third kappa shape index (κ3) is 11.1. The number of amides is 3. The lowest BCUT2D eigenvalue weighted by Crippen LogP contribution is -2.56. The topological polar surface area (TPSA) is 154 Å². The van der Waals surface area contributed by atoms with Gasteiger partial charge in [-0.15, -0.1) is 6.58 Å². The minimum atomic E-state index is -1.50. The summed E-state index contributed by atoms with van der Waals surface area (Å²) in [7, 11) is 0. The third-order valence-electron chi connectivity index (χ3n) is 5.86. The first kappa shape index (κ1) is 34.8. The Morgan fingerprint density at radius 3 is 2.00 bits per heavy atom. The molecule has 4 N–H and O–H groups in total. The van der Waals surface area contributed by atoms with Crippen molar-refractivity contribution in [3.8, 4) is 5.75 Å². The van der Waals surface area contributed by atoms with Gasteiger partial charge in [-0.25, -0.2) is 9.59 Å². The molecule has 43 heavy (non-hydrogen) atoms. The van der Waals surface area contributed by atoms with Gasteiger partial charge in [0.15, 0.2) is 0 Å². The number of benzene rings is 2. The van der Waals surface area contributed by atoms with Gasteiger partial charge in [0.1, 0.15) is 35.1 Å². The van der Waals surface area contributed by atoms with Gasteiger partial charge in [-0.1, -0.05) is 54.6 Å². The molecule has 0 aromatic heterocycles. The highest BCUT2D eigenvalue weighted by molar-refractivity contribution is 5.94. The van der Waals surface area contributed by atoms with Crippen LogP contribution in [0.25, 0.3) is 0 Å². The molecule has 11 heteroatoms. The number of hydrogen-bond acceptors (Lipinski definition) is 8. The molecule has 0 heterocycles. The number of carbonyl (C=O) groups is 4. The average molecular weight is 598 g/mol. The van der Waals surface area contributed by atoms with E-state index in [4.69, 9.17) is 9.47 Å². The normalized spacial score (nSPS) is 13.6. The van der Waals surface area contributed by atoms with Gasteiger partial charge in [-0.2, -0.15) is 0 Å². The van der Waals surface area contributed by atoms with Crippen molar-refractivity contribution < 1.29 is 38.9 Å². The van der Waals surface area contributed by atoms with Crippen LogP contribution in [0.5, 0.6) is 5.75 Å². The lowest BCUT2D eigenvalue weighted by molar-refractivity contribution is -0.159. The van der Waals surface area contributed by atoms with Crippen LogP contribution in [0.3, 0.4) is 0 Å². The van der Waals surface area contributed by atoms with Crippen LogP contribution in [0.1, 0.15) is 58.7 Å². The van der Waals surface area contributed by atoms with Crippen molar-refractivity contribution in [3.05, 3.63) is 78.4 Å². The molecular formula is C32H43N3O8. The molecule has 0 aliphatic rings. The molecule has 2 aromatic rings. The summed E-state index contributed by atoms with van der Waals surface area (Å²) >= 11 is 0. The summed E-state index contributed by atoms with van der Waals surface area (Å²) in [5, 5.41) is 25.8. The SMILES string of the molecule is C=CCN(C(=O)C(CO)NC(=O)OC(C)(C)C)C(C(=O)NC(Cc1ccccc1)C(=O)OC(C)(C)C)c1ccccc1O. The smallest absolute Gasteiger partial charge is 0.408 e. The summed E-state index contributed by atoms with van der Waals surface area (Å²) in [5.41, 5.74) is -0.923. The minimum Gasteiger partial charge on any atom is -0.508 e. The lowest BCUT2D eigenvalue weighted by Gasteiger charge is -2.34. The van der Waals surface area contributed by atoms with E-state index >= 15 is 0 Å². The Balaban J connectivity index is 2.53. The molecule has 3 atom stereocenters. The summed E-state index contributed by atoms with van der Waals surface area (Å²) in [6, 6.07) is 10.8.